The third-order valence-corrected chi connectivity index (χ3v) is 3.53. The molecule has 1 aliphatic rings. The van der Waals surface area contributed by atoms with Gasteiger partial charge in [-0.1, -0.05) is 29.3 Å². The molecule has 1 aliphatic heterocycles. The van der Waals surface area contributed by atoms with E-state index < -0.39 is 0 Å². The molecule has 18 heavy (non-hydrogen) atoms. The summed E-state index contributed by atoms with van der Waals surface area (Å²) < 4.78 is 0. The Morgan fingerprint density at radius 1 is 1.39 bits per heavy atom. The van der Waals surface area contributed by atoms with E-state index in [0.717, 1.165) is 19.5 Å². The molecule has 0 aromatic heterocycles. The zero-order valence-electron chi connectivity index (χ0n) is 9.71. The molecule has 3 nitrogen and oxygen atoms in total. The average Bonchev–Trinajstić information content (AvgIpc) is 2.79. The van der Waals surface area contributed by atoms with Gasteiger partial charge in [-0.3, -0.25) is 4.79 Å². The van der Waals surface area contributed by atoms with Crippen LogP contribution in [0, 0.1) is 5.92 Å². The maximum Gasteiger partial charge on any atom is 0.254 e. The number of hydrogen-bond acceptors (Lipinski definition) is 2. The minimum Gasteiger partial charge on any atom is -0.352 e. The minimum absolute atomic E-state index is 0. The summed E-state index contributed by atoms with van der Waals surface area (Å²) in [6.45, 7) is 2.64. The van der Waals surface area contributed by atoms with E-state index in [1.165, 1.54) is 0 Å². The molecule has 1 unspecified atom stereocenters. The second-order valence-electron chi connectivity index (χ2n) is 4.17. The fourth-order valence-corrected chi connectivity index (χ4v) is 2.50. The molecule has 6 heteroatoms. The van der Waals surface area contributed by atoms with Crippen LogP contribution in [-0.2, 0) is 0 Å². The third kappa shape index (κ3) is 3.75. The molecule has 0 spiro atoms. The van der Waals surface area contributed by atoms with Crippen molar-refractivity contribution in [1.82, 2.24) is 10.6 Å². The van der Waals surface area contributed by atoms with Gasteiger partial charge in [0.2, 0.25) is 0 Å². The van der Waals surface area contributed by atoms with Crippen LogP contribution >= 0.6 is 35.6 Å². The van der Waals surface area contributed by atoms with Gasteiger partial charge in [-0.25, -0.2) is 0 Å². The molecule has 0 saturated carbocycles. The number of nitrogens with one attached hydrogen (secondary N) is 2. The normalized spacial score (nSPS) is 18.2. The number of rotatable bonds is 3. The molecular formula is C12H15Cl3N2O. The molecule has 0 aliphatic carbocycles. The van der Waals surface area contributed by atoms with E-state index in [2.05, 4.69) is 10.6 Å². The Hall–Kier alpha value is -0.480. The van der Waals surface area contributed by atoms with Crippen LogP contribution < -0.4 is 10.6 Å². The predicted molar refractivity (Wildman–Crippen MR) is 77.0 cm³/mol. The lowest BCUT2D eigenvalue weighted by Gasteiger charge is -2.11. The van der Waals surface area contributed by atoms with Crippen LogP contribution in [0.4, 0.5) is 0 Å². The number of carbonyl (C=O) groups is 1. The first-order chi connectivity index (χ1) is 8.18. The molecular weight excluding hydrogens is 295 g/mol. The summed E-state index contributed by atoms with van der Waals surface area (Å²) in [6.07, 6.45) is 1.09. The quantitative estimate of drug-likeness (QED) is 0.901. The van der Waals surface area contributed by atoms with Crippen LogP contribution in [0.15, 0.2) is 18.2 Å². The SMILES string of the molecule is Cl.O=C(NCC1CCNC1)c1c(Cl)cccc1Cl. The molecule has 1 atom stereocenters. The molecule has 2 rings (SSSR count). The van der Waals surface area contributed by atoms with Crippen LogP contribution in [0.25, 0.3) is 0 Å². The van der Waals surface area contributed by atoms with Crippen LogP contribution in [0.3, 0.4) is 0 Å². The second-order valence-corrected chi connectivity index (χ2v) is 4.98. The maximum atomic E-state index is 11.9. The summed E-state index contributed by atoms with van der Waals surface area (Å²) in [4.78, 5) is 11.9. The largest absolute Gasteiger partial charge is 0.352 e. The van der Waals surface area contributed by atoms with Gasteiger partial charge in [-0.15, -0.1) is 12.4 Å². The van der Waals surface area contributed by atoms with Gasteiger partial charge in [0.05, 0.1) is 15.6 Å². The lowest BCUT2D eigenvalue weighted by atomic mass is 10.1. The summed E-state index contributed by atoms with van der Waals surface area (Å²) in [5, 5.41) is 6.91. The molecule has 1 heterocycles. The van der Waals surface area contributed by atoms with E-state index in [4.69, 9.17) is 23.2 Å². The third-order valence-electron chi connectivity index (χ3n) is 2.90. The Morgan fingerprint density at radius 2 is 2.06 bits per heavy atom. The minimum atomic E-state index is -0.201. The lowest BCUT2D eigenvalue weighted by molar-refractivity contribution is 0.0948. The van der Waals surface area contributed by atoms with Crippen LogP contribution in [0.2, 0.25) is 10.0 Å². The van der Waals surface area contributed by atoms with Crippen molar-refractivity contribution in [3.8, 4) is 0 Å². The Morgan fingerprint density at radius 3 is 2.61 bits per heavy atom. The van der Waals surface area contributed by atoms with Gasteiger partial charge in [0, 0.05) is 6.54 Å². The fourth-order valence-electron chi connectivity index (χ4n) is 1.93. The van der Waals surface area contributed by atoms with Crippen molar-refractivity contribution in [3.63, 3.8) is 0 Å². The highest BCUT2D eigenvalue weighted by atomic mass is 35.5. The van der Waals surface area contributed by atoms with Gasteiger partial charge >= 0.3 is 0 Å². The highest BCUT2D eigenvalue weighted by molar-refractivity contribution is 6.39. The second kappa shape index (κ2) is 7.19. The number of amides is 1. The van der Waals surface area contributed by atoms with Crippen LogP contribution in [-0.4, -0.2) is 25.5 Å². The van der Waals surface area contributed by atoms with E-state index in [-0.39, 0.29) is 18.3 Å². The number of benzene rings is 1. The molecule has 1 fully saturated rings. The highest BCUT2D eigenvalue weighted by Gasteiger charge is 2.18. The first-order valence-corrected chi connectivity index (χ1v) is 6.37. The van der Waals surface area contributed by atoms with E-state index >= 15 is 0 Å². The highest BCUT2D eigenvalue weighted by Crippen LogP contribution is 2.24. The lowest BCUT2D eigenvalue weighted by Crippen LogP contribution is -2.30. The van der Waals surface area contributed by atoms with Gasteiger partial charge in [-0.2, -0.15) is 0 Å². The van der Waals surface area contributed by atoms with Crippen molar-refractivity contribution in [1.29, 1.82) is 0 Å². The first-order valence-electron chi connectivity index (χ1n) is 5.61. The summed E-state index contributed by atoms with van der Waals surface area (Å²) in [5.74, 6) is 0.299. The standard InChI is InChI=1S/C12H14Cl2N2O.ClH/c13-9-2-1-3-10(14)11(9)12(17)16-7-8-4-5-15-6-8;/h1-3,8,15H,4-7H2,(H,16,17);1H. The van der Waals surface area contributed by atoms with Crippen molar-refractivity contribution in [2.24, 2.45) is 5.92 Å². The number of hydrogen-bond donors (Lipinski definition) is 2. The fraction of sp³-hybridized carbons (Fsp3) is 0.417. The molecule has 1 saturated heterocycles. The molecule has 1 amide bonds. The Kier molecular flexibility index (Phi) is 6.22. The van der Waals surface area contributed by atoms with Gasteiger partial charge in [0.1, 0.15) is 0 Å². The smallest absolute Gasteiger partial charge is 0.254 e. The van der Waals surface area contributed by atoms with Crippen molar-refractivity contribution in [3.05, 3.63) is 33.8 Å². The molecule has 0 radical (unpaired) electrons. The Bertz CT molecular complexity index is 400. The van der Waals surface area contributed by atoms with E-state index in [9.17, 15) is 4.79 Å². The summed E-state index contributed by atoms with van der Waals surface area (Å²) in [5.41, 5.74) is 0.363. The summed E-state index contributed by atoms with van der Waals surface area (Å²) in [7, 11) is 0. The van der Waals surface area contributed by atoms with Crippen molar-refractivity contribution in [2.75, 3.05) is 19.6 Å². The summed E-state index contributed by atoms with van der Waals surface area (Å²) in [6, 6.07) is 5.06. The monoisotopic (exact) mass is 308 g/mol. The van der Waals surface area contributed by atoms with Crippen molar-refractivity contribution in [2.45, 2.75) is 6.42 Å². The van der Waals surface area contributed by atoms with Crippen LogP contribution in [0.5, 0.6) is 0 Å². The zero-order valence-corrected chi connectivity index (χ0v) is 12.0. The Labute approximate surface area is 123 Å². The van der Waals surface area contributed by atoms with Crippen molar-refractivity contribution >= 4 is 41.5 Å². The topological polar surface area (TPSA) is 41.1 Å². The van der Waals surface area contributed by atoms with Gasteiger partial charge in [-0.05, 0) is 37.6 Å². The van der Waals surface area contributed by atoms with E-state index in [0.29, 0.717) is 28.1 Å². The maximum absolute atomic E-state index is 11.9. The van der Waals surface area contributed by atoms with Gasteiger partial charge in [0.25, 0.3) is 5.91 Å². The zero-order chi connectivity index (χ0) is 12.3. The molecule has 0 bridgehead atoms. The molecule has 2 N–H and O–H groups in total. The first kappa shape index (κ1) is 15.6. The van der Waals surface area contributed by atoms with E-state index in [1.54, 1.807) is 18.2 Å². The van der Waals surface area contributed by atoms with Gasteiger partial charge < -0.3 is 10.6 Å². The Balaban J connectivity index is 0.00000162. The molecule has 1 aromatic carbocycles. The van der Waals surface area contributed by atoms with Crippen LogP contribution in [0.1, 0.15) is 16.8 Å². The molecule has 100 valence electrons. The van der Waals surface area contributed by atoms with Crippen molar-refractivity contribution < 1.29 is 4.79 Å². The summed E-state index contributed by atoms with van der Waals surface area (Å²) >= 11 is 11.9. The molecule has 1 aromatic rings. The number of carbonyl (C=O) groups excluding carboxylic acids is 1. The number of halogens is 3. The average molecular weight is 310 g/mol. The van der Waals surface area contributed by atoms with E-state index in [1.807, 2.05) is 0 Å². The van der Waals surface area contributed by atoms with Gasteiger partial charge in [0.15, 0.2) is 0 Å². The predicted octanol–water partition coefficient (Wildman–Crippen LogP) is 2.75.